The van der Waals surface area contributed by atoms with Gasteiger partial charge in [0.2, 0.25) is 5.88 Å². The number of nitrogen functional groups attached to an aromatic ring is 1. The highest BCUT2D eigenvalue weighted by atomic mass is 79.9. The number of aromatic nitrogens is 1. The number of anilines is 1. The van der Waals surface area contributed by atoms with Gasteiger partial charge in [0.1, 0.15) is 10.2 Å². The molecule has 0 fully saturated rings. The highest BCUT2D eigenvalue weighted by Crippen LogP contribution is 2.35. The van der Waals surface area contributed by atoms with Gasteiger partial charge >= 0.3 is 6.36 Å². The molecular weight excluding hydrogens is 303 g/mol. The summed E-state index contributed by atoms with van der Waals surface area (Å²) in [4.78, 5) is 3.00. The van der Waals surface area contributed by atoms with E-state index in [0.717, 1.165) is 6.07 Å². The van der Waals surface area contributed by atoms with Crippen LogP contribution in [0.5, 0.6) is 5.88 Å². The predicted octanol–water partition coefficient (Wildman–Crippen LogP) is 3.26. The molecule has 0 saturated heterocycles. The van der Waals surface area contributed by atoms with Gasteiger partial charge in [0, 0.05) is 0 Å². The molecule has 0 spiro atoms. The van der Waals surface area contributed by atoms with Crippen molar-refractivity contribution in [2.45, 2.75) is 12.8 Å². The molecule has 0 aliphatic heterocycles. The van der Waals surface area contributed by atoms with E-state index < -0.39 is 24.4 Å². The zero-order chi connectivity index (χ0) is 12.5. The normalized spacial score (nSPS) is 11.9. The van der Waals surface area contributed by atoms with E-state index in [1.165, 1.54) is 0 Å². The minimum Gasteiger partial charge on any atom is -0.398 e. The highest BCUT2D eigenvalue weighted by molar-refractivity contribution is 9.10. The van der Waals surface area contributed by atoms with Crippen molar-refractivity contribution in [3.63, 3.8) is 0 Å². The first kappa shape index (κ1) is 12.9. The number of hydrogen-bond acceptors (Lipinski definition) is 3. The molecule has 1 aromatic heterocycles. The van der Waals surface area contributed by atoms with E-state index in [1.54, 1.807) is 0 Å². The minimum absolute atomic E-state index is 0.315. The van der Waals surface area contributed by atoms with Crippen molar-refractivity contribution in [1.82, 2.24) is 4.98 Å². The van der Waals surface area contributed by atoms with E-state index >= 15 is 0 Å². The van der Waals surface area contributed by atoms with E-state index in [4.69, 9.17) is 5.73 Å². The van der Waals surface area contributed by atoms with Gasteiger partial charge in [0.15, 0.2) is 0 Å². The van der Waals surface area contributed by atoms with Crippen LogP contribution in [0.4, 0.5) is 27.6 Å². The van der Waals surface area contributed by atoms with E-state index in [1.807, 2.05) is 0 Å². The molecule has 1 aromatic rings. The summed E-state index contributed by atoms with van der Waals surface area (Å²) in [6.45, 7) is 0. The average Bonchev–Trinajstić information content (AvgIpc) is 2.10. The molecule has 90 valence electrons. The van der Waals surface area contributed by atoms with Gasteiger partial charge in [0.25, 0.3) is 6.43 Å². The first-order valence-corrected chi connectivity index (χ1v) is 4.50. The number of halogens is 6. The fraction of sp³-hybridized carbons (Fsp3) is 0.286. The van der Waals surface area contributed by atoms with Gasteiger partial charge in [-0.3, -0.25) is 0 Å². The molecule has 0 bridgehead atoms. The Hall–Kier alpha value is -1.12. The smallest absolute Gasteiger partial charge is 0.398 e. The standard InChI is InChI=1S/C7H4BrF5N2O/c8-4-2(14)1-3(5(9)10)15-6(4)16-7(11,12)13/h1,5H,(H2,14,15). The fourth-order valence-corrected chi connectivity index (χ4v) is 1.12. The zero-order valence-electron chi connectivity index (χ0n) is 7.36. The summed E-state index contributed by atoms with van der Waals surface area (Å²) in [6, 6.07) is 0.762. The Labute approximate surface area is 94.5 Å². The van der Waals surface area contributed by atoms with Crippen molar-refractivity contribution >= 4 is 21.6 Å². The first-order chi connectivity index (χ1) is 7.20. The van der Waals surface area contributed by atoms with Crippen molar-refractivity contribution in [2.75, 3.05) is 5.73 Å². The Bertz CT molecular complexity index is 395. The number of ether oxygens (including phenoxy) is 1. The number of hydrogen-bond donors (Lipinski definition) is 1. The minimum atomic E-state index is -5.03. The van der Waals surface area contributed by atoms with Gasteiger partial charge in [0.05, 0.1) is 5.69 Å². The summed E-state index contributed by atoms with van der Waals surface area (Å²) in [5.74, 6) is -1.04. The number of pyridine rings is 1. The monoisotopic (exact) mass is 306 g/mol. The Morgan fingerprint density at radius 3 is 2.38 bits per heavy atom. The van der Waals surface area contributed by atoms with Crippen LogP contribution in [0.3, 0.4) is 0 Å². The molecule has 0 aliphatic rings. The van der Waals surface area contributed by atoms with Crippen LogP contribution < -0.4 is 10.5 Å². The third-order valence-corrected chi connectivity index (χ3v) is 2.21. The molecular formula is C7H4BrF5N2O. The number of alkyl halides is 5. The summed E-state index contributed by atoms with van der Waals surface area (Å²) < 4.78 is 63.2. The number of rotatable bonds is 2. The maximum absolute atomic E-state index is 12.2. The lowest BCUT2D eigenvalue weighted by Gasteiger charge is -2.12. The van der Waals surface area contributed by atoms with E-state index in [2.05, 4.69) is 25.7 Å². The van der Waals surface area contributed by atoms with Crippen molar-refractivity contribution in [3.05, 3.63) is 16.2 Å². The van der Waals surface area contributed by atoms with Gasteiger partial charge in [-0.15, -0.1) is 13.2 Å². The number of nitrogens with zero attached hydrogens (tertiary/aromatic N) is 1. The van der Waals surface area contributed by atoms with Crippen LogP contribution >= 0.6 is 15.9 Å². The van der Waals surface area contributed by atoms with Gasteiger partial charge in [-0.05, 0) is 22.0 Å². The summed E-state index contributed by atoms with van der Waals surface area (Å²) in [5, 5.41) is 0. The number of nitrogens with two attached hydrogens (primary N) is 1. The highest BCUT2D eigenvalue weighted by Gasteiger charge is 2.33. The van der Waals surface area contributed by atoms with Crippen molar-refractivity contribution < 1.29 is 26.7 Å². The van der Waals surface area contributed by atoms with Crippen LogP contribution in [0.25, 0.3) is 0 Å². The molecule has 0 amide bonds. The molecule has 0 radical (unpaired) electrons. The van der Waals surface area contributed by atoms with Crippen LogP contribution in [-0.2, 0) is 0 Å². The average molecular weight is 307 g/mol. The first-order valence-electron chi connectivity index (χ1n) is 3.70. The lowest BCUT2D eigenvalue weighted by Crippen LogP contribution is -2.19. The third kappa shape index (κ3) is 3.19. The molecule has 9 heteroatoms. The lowest BCUT2D eigenvalue weighted by molar-refractivity contribution is -0.276. The van der Waals surface area contributed by atoms with Gasteiger partial charge in [-0.1, -0.05) is 0 Å². The summed E-state index contributed by atoms with van der Waals surface area (Å²) >= 11 is 2.66. The van der Waals surface area contributed by atoms with Crippen LogP contribution in [-0.4, -0.2) is 11.3 Å². The molecule has 16 heavy (non-hydrogen) atoms. The SMILES string of the molecule is Nc1cc(C(F)F)nc(OC(F)(F)F)c1Br. The molecule has 0 saturated carbocycles. The Balaban J connectivity index is 3.17. The molecule has 0 aromatic carbocycles. The predicted molar refractivity (Wildman–Crippen MR) is 48.0 cm³/mol. The summed E-state index contributed by atoms with van der Waals surface area (Å²) in [7, 11) is 0. The second kappa shape index (κ2) is 4.40. The Morgan fingerprint density at radius 1 is 1.38 bits per heavy atom. The molecule has 0 atom stereocenters. The van der Waals surface area contributed by atoms with Crippen LogP contribution in [0.15, 0.2) is 10.5 Å². The van der Waals surface area contributed by atoms with E-state index in [0.29, 0.717) is 0 Å². The molecule has 2 N–H and O–H groups in total. The quantitative estimate of drug-likeness (QED) is 0.853. The van der Waals surface area contributed by atoms with Crippen molar-refractivity contribution in [2.24, 2.45) is 0 Å². The zero-order valence-corrected chi connectivity index (χ0v) is 8.94. The maximum Gasteiger partial charge on any atom is 0.574 e. The summed E-state index contributed by atoms with van der Waals surface area (Å²) in [6.07, 6.45) is -8.06. The van der Waals surface area contributed by atoms with Crippen LogP contribution in [0.1, 0.15) is 12.1 Å². The van der Waals surface area contributed by atoms with Gasteiger partial charge in [-0.2, -0.15) is 0 Å². The van der Waals surface area contributed by atoms with E-state index in [-0.39, 0.29) is 10.2 Å². The van der Waals surface area contributed by atoms with Crippen molar-refractivity contribution in [1.29, 1.82) is 0 Å². The molecule has 0 unspecified atom stereocenters. The molecule has 0 aliphatic carbocycles. The lowest BCUT2D eigenvalue weighted by atomic mass is 10.3. The van der Waals surface area contributed by atoms with Gasteiger partial charge in [-0.25, -0.2) is 13.8 Å². The Morgan fingerprint density at radius 2 is 1.94 bits per heavy atom. The summed E-state index contributed by atoms with van der Waals surface area (Å²) in [5.41, 5.74) is 4.01. The topological polar surface area (TPSA) is 48.1 Å². The van der Waals surface area contributed by atoms with Crippen molar-refractivity contribution in [3.8, 4) is 5.88 Å². The van der Waals surface area contributed by atoms with Crippen LogP contribution in [0, 0.1) is 0 Å². The van der Waals surface area contributed by atoms with Gasteiger partial charge < -0.3 is 10.5 Å². The second-order valence-electron chi connectivity index (χ2n) is 2.60. The molecule has 3 nitrogen and oxygen atoms in total. The largest absolute Gasteiger partial charge is 0.574 e. The fourth-order valence-electron chi connectivity index (χ4n) is 0.834. The molecule has 1 heterocycles. The third-order valence-electron chi connectivity index (χ3n) is 1.41. The van der Waals surface area contributed by atoms with E-state index in [9.17, 15) is 22.0 Å². The Kier molecular flexibility index (Phi) is 3.56. The van der Waals surface area contributed by atoms with Crippen LogP contribution in [0.2, 0.25) is 0 Å². The second-order valence-corrected chi connectivity index (χ2v) is 3.40. The molecule has 1 rings (SSSR count). The maximum atomic E-state index is 12.2.